The first-order chi connectivity index (χ1) is 7.69. The molecule has 0 bridgehead atoms. The summed E-state index contributed by atoms with van der Waals surface area (Å²) in [5.41, 5.74) is 0. The van der Waals surface area contributed by atoms with Gasteiger partial charge < -0.3 is 14.3 Å². The highest BCUT2D eigenvalue weighted by Gasteiger charge is 2.24. The van der Waals surface area contributed by atoms with Gasteiger partial charge in [0.15, 0.2) is 5.82 Å². The Kier molecular flexibility index (Phi) is 3.31. The van der Waals surface area contributed by atoms with Gasteiger partial charge in [0.1, 0.15) is 0 Å². The number of piperazine rings is 1. The van der Waals surface area contributed by atoms with Crippen molar-refractivity contribution in [3.8, 4) is 0 Å². The molecule has 0 N–H and O–H groups in total. The maximum absolute atomic E-state index is 10.4. The van der Waals surface area contributed by atoms with Crippen LogP contribution in [0.5, 0.6) is 0 Å². The predicted octanol–water partition coefficient (Wildman–Crippen LogP) is -0.330. The topological polar surface area (TPSA) is 62.5 Å². The fraction of sp³-hybridized carbons (Fsp3) is 0.700. The molecule has 6 heteroatoms. The van der Waals surface area contributed by atoms with Crippen LogP contribution in [0, 0.1) is 0 Å². The fourth-order valence-corrected chi connectivity index (χ4v) is 1.93. The van der Waals surface area contributed by atoms with E-state index in [2.05, 4.69) is 34.0 Å². The van der Waals surface area contributed by atoms with E-state index in [4.69, 9.17) is 4.52 Å². The van der Waals surface area contributed by atoms with E-state index < -0.39 is 0 Å². The molecule has 88 valence electrons. The molecule has 1 fully saturated rings. The number of aldehydes is 1. The first-order valence-electron chi connectivity index (χ1n) is 5.35. The monoisotopic (exact) mass is 224 g/mol. The lowest BCUT2D eigenvalue weighted by molar-refractivity contribution is 0.108. The lowest BCUT2D eigenvalue weighted by atomic mass is 10.1. The SMILES string of the molecule is CN1CCN(C)C(Cc2noc(C=O)n2)C1. The number of hydrogen-bond donors (Lipinski definition) is 0. The van der Waals surface area contributed by atoms with Crippen molar-refractivity contribution in [1.82, 2.24) is 19.9 Å². The number of hydrogen-bond acceptors (Lipinski definition) is 6. The van der Waals surface area contributed by atoms with Gasteiger partial charge in [-0.25, -0.2) is 0 Å². The average molecular weight is 224 g/mol. The first-order valence-corrected chi connectivity index (χ1v) is 5.35. The van der Waals surface area contributed by atoms with Gasteiger partial charge in [0, 0.05) is 32.1 Å². The van der Waals surface area contributed by atoms with Crippen molar-refractivity contribution in [3.63, 3.8) is 0 Å². The summed E-state index contributed by atoms with van der Waals surface area (Å²) in [6.07, 6.45) is 1.30. The summed E-state index contributed by atoms with van der Waals surface area (Å²) in [5.74, 6) is 0.663. The molecule has 1 aromatic rings. The van der Waals surface area contributed by atoms with Crippen LogP contribution in [0.15, 0.2) is 4.52 Å². The highest BCUT2D eigenvalue weighted by Crippen LogP contribution is 2.10. The van der Waals surface area contributed by atoms with Gasteiger partial charge in [0.25, 0.3) is 5.89 Å². The highest BCUT2D eigenvalue weighted by molar-refractivity contribution is 5.66. The van der Waals surface area contributed by atoms with Crippen LogP contribution in [0.4, 0.5) is 0 Å². The smallest absolute Gasteiger partial charge is 0.290 e. The number of aromatic nitrogens is 2. The lowest BCUT2D eigenvalue weighted by Crippen LogP contribution is -2.50. The fourth-order valence-electron chi connectivity index (χ4n) is 1.93. The minimum atomic E-state index is 0.0572. The van der Waals surface area contributed by atoms with E-state index in [9.17, 15) is 4.79 Å². The molecular formula is C10H16N4O2. The maximum atomic E-state index is 10.4. The Morgan fingerprint density at radius 3 is 3.00 bits per heavy atom. The quantitative estimate of drug-likeness (QED) is 0.655. The molecule has 1 saturated heterocycles. The number of rotatable bonds is 3. The van der Waals surface area contributed by atoms with Gasteiger partial charge in [0.05, 0.1) is 0 Å². The van der Waals surface area contributed by atoms with E-state index in [1.165, 1.54) is 0 Å². The molecular weight excluding hydrogens is 208 g/mol. The molecule has 0 spiro atoms. The molecule has 1 aliphatic heterocycles. The van der Waals surface area contributed by atoms with Crippen molar-refractivity contribution < 1.29 is 9.32 Å². The van der Waals surface area contributed by atoms with Gasteiger partial charge >= 0.3 is 0 Å². The van der Waals surface area contributed by atoms with Crippen LogP contribution in [-0.2, 0) is 6.42 Å². The molecule has 2 heterocycles. The van der Waals surface area contributed by atoms with E-state index >= 15 is 0 Å². The average Bonchev–Trinajstić information content (AvgIpc) is 2.71. The van der Waals surface area contributed by atoms with Crippen LogP contribution in [0.3, 0.4) is 0 Å². The van der Waals surface area contributed by atoms with Crippen molar-refractivity contribution in [2.24, 2.45) is 0 Å². The third kappa shape index (κ3) is 2.45. The van der Waals surface area contributed by atoms with E-state index in [1.807, 2.05) is 0 Å². The Morgan fingerprint density at radius 1 is 1.50 bits per heavy atom. The molecule has 0 saturated carbocycles. The maximum Gasteiger partial charge on any atom is 0.290 e. The molecule has 0 aromatic carbocycles. The minimum absolute atomic E-state index is 0.0572. The summed E-state index contributed by atoms with van der Waals surface area (Å²) < 4.78 is 4.76. The van der Waals surface area contributed by atoms with Crippen molar-refractivity contribution in [1.29, 1.82) is 0 Å². The van der Waals surface area contributed by atoms with E-state index in [-0.39, 0.29) is 5.89 Å². The largest absolute Gasteiger partial charge is 0.331 e. The zero-order chi connectivity index (χ0) is 11.5. The lowest BCUT2D eigenvalue weighted by Gasteiger charge is -2.37. The van der Waals surface area contributed by atoms with Crippen LogP contribution in [0.2, 0.25) is 0 Å². The van der Waals surface area contributed by atoms with Crippen molar-refractivity contribution >= 4 is 6.29 Å². The summed E-state index contributed by atoms with van der Waals surface area (Å²) in [6, 6.07) is 0.385. The zero-order valence-electron chi connectivity index (χ0n) is 9.59. The van der Waals surface area contributed by atoms with Crippen LogP contribution in [0.25, 0.3) is 0 Å². The molecule has 0 radical (unpaired) electrons. The van der Waals surface area contributed by atoms with Crippen molar-refractivity contribution in [2.45, 2.75) is 12.5 Å². The summed E-state index contributed by atoms with van der Waals surface area (Å²) in [6.45, 7) is 3.11. The second-order valence-electron chi connectivity index (χ2n) is 4.27. The Balaban J connectivity index is 1.99. The molecule has 1 aromatic heterocycles. The van der Waals surface area contributed by atoms with Gasteiger partial charge in [-0.3, -0.25) is 4.79 Å². The minimum Gasteiger partial charge on any atom is -0.331 e. The van der Waals surface area contributed by atoms with Crippen LogP contribution >= 0.6 is 0 Å². The molecule has 0 aliphatic carbocycles. The molecule has 1 unspecified atom stereocenters. The highest BCUT2D eigenvalue weighted by atomic mass is 16.5. The molecule has 2 rings (SSSR count). The molecule has 1 atom stereocenters. The predicted molar refractivity (Wildman–Crippen MR) is 57.3 cm³/mol. The van der Waals surface area contributed by atoms with Gasteiger partial charge in [-0.15, -0.1) is 0 Å². The second kappa shape index (κ2) is 4.71. The first kappa shape index (κ1) is 11.2. The number of carbonyl (C=O) groups is 1. The van der Waals surface area contributed by atoms with E-state index in [0.717, 1.165) is 26.1 Å². The van der Waals surface area contributed by atoms with Gasteiger partial charge in [-0.2, -0.15) is 4.98 Å². The zero-order valence-corrected chi connectivity index (χ0v) is 9.59. The summed E-state index contributed by atoms with van der Waals surface area (Å²) in [7, 11) is 4.20. The molecule has 0 amide bonds. The number of likely N-dealkylation sites (N-methyl/N-ethyl adjacent to an activating group) is 2. The summed E-state index contributed by atoms with van der Waals surface area (Å²) >= 11 is 0. The van der Waals surface area contributed by atoms with Crippen molar-refractivity contribution in [2.75, 3.05) is 33.7 Å². The Hall–Kier alpha value is -1.27. The standard InChI is InChI=1S/C10H16N4O2/c1-13-3-4-14(2)8(6-13)5-9-11-10(7-15)16-12-9/h7-8H,3-6H2,1-2H3. The third-order valence-electron chi connectivity index (χ3n) is 2.98. The third-order valence-corrected chi connectivity index (χ3v) is 2.98. The van der Waals surface area contributed by atoms with Gasteiger partial charge in [-0.1, -0.05) is 5.16 Å². The Labute approximate surface area is 94.2 Å². The molecule has 16 heavy (non-hydrogen) atoms. The van der Waals surface area contributed by atoms with Crippen molar-refractivity contribution in [3.05, 3.63) is 11.7 Å². The van der Waals surface area contributed by atoms with Gasteiger partial charge in [0.2, 0.25) is 6.29 Å². The Bertz CT molecular complexity index is 365. The number of carbonyl (C=O) groups excluding carboxylic acids is 1. The summed E-state index contributed by atoms with van der Waals surface area (Å²) in [4.78, 5) is 19.0. The number of nitrogens with zero attached hydrogens (tertiary/aromatic N) is 4. The van der Waals surface area contributed by atoms with Crippen LogP contribution in [0.1, 0.15) is 16.5 Å². The normalized spacial score (nSPS) is 23.5. The summed E-state index contributed by atoms with van der Waals surface area (Å²) in [5, 5.41) is 3.78. The van der Waals surface area contributed by atoms with E-state index in [1.54, 1.807) is 0 Å². The Morgan fingerprint density at radius 2 is 2.31 bits per heavy atom. The van der Waals surface area contributed by atoms with E-state index in [0.29, 0.717) is 18.2 Å². The second-order valence-corrected chi connectivity index (χ2v) is 4.27. The van der Waals surface area contributed by atoms with Gasteiger partial charge in [-0.05, 0) is 14.1 Å². The molecule has 6 nitrogen and oxygen atoms in total. The van der Waals surface area contributed by atoms with Crippen LogP contribution < -0.4 is 0 Å². The van der Waals surface area contributed by atoms with Crippen LogP contribution in [-0.4, -0.2) is 66.0 Å². The molecule has 1 aliphatic rings.